The number of aromatic nitrogens is 1. The molecule has 154 valence electrons. The Morgan fingerprint density at radius 3 is 2.45 bits per heavy atom. The molecule has 2 aromatic carbocycles. The van der Waals surface area contributed by atoms with Gasteiger partial charge in [0.1, 0.15) is 9.84 Å². The first kappa shape index (κ1) is 20.5. The second-order valence-corrected chi connectivity index (χ2v) is 11.6. The Hall–Kier alpha value is -1.76. The third kappa shape index (κ3) is 5.24. The average molecular weight is 429 g/mol. The summed E-state index contributed by atoms with van der Waals surface area (Å²) in [5, 5.41) is 1.29. The van der Waals surface area contributed by atoms with Gasteiger partial charge in [0.15, 0.2) is 0 Å². The number of rotatable bonds is 6. The Balaban J connectivity index is 1.32. The number of sulfone groups is 1. The summed E-state index contributed by atoms with van der Waals surface area (Å²) in [6, 6.07) is 16.9. The van der Waals surface area contributed by atoms with E-state index in [9.17, 15) is 8.42 Å². The van der Waals surface area contributed by atoms with Gasteiger partial charge in [-0.3, -0.25) is 4.90 Å². The number of fused-ring (bicyclic) bond motifs is 1. The highest BCUT2D eigenvalue weighted by Crippen LogP contribution is 2.34. The molecule has 3 aromatic rings. The monoisotopic (exact) mass is 428 g/mol. The predicted octanol–water partition coefficient (Wildman–Crippen LogP) is 4.82. The molecule has 0 aliphatic carbocycles. The number of hydrogen-bond donors (Lipinski definition) is 0. The van der Waals surface area contributed by atoms with Gasteiger partial charge in [-0.2, -0.15) is 0 Å². The van der Waals surface area contributed by atoms with Crippen molar-refractivity contribution in [1.82, 2.24) is 9.88 Å². The number of benzene rings is 2. The Bertz CT molecular complexity index is 1030. The number of thiazole rings is 1. The number of para-hydroxylation sites is 1. The zero-order valence-corrected chi connectivity index (χ0v) is 18.7. The molecule has 0 saturated carbocycles. The second kappa shape index (κ2) is 8.54. The summed E-state index contributed by atoms with van der Waals surface area (Å²) >= 11 is 1.84. The van der Waals surface area contributed by atoms with E-state index in [-0.39, 0.29) is 11.7 Å². The topological polar surface area (TPSA) is 50.3 Å². The van der Waals surface area contributed by atoms with Crippen molar-refractivity contribution in [3.05, 3.63) is 64.7 Å². The van der Waals surface area contributed by atoms with E-state index in [0.29, 0.717) is 5.92 Å². The first-order valence-corrected chi connectivity index (χ1v) is 13.1. The lowest BCUT2D eigenvalue weighted by molar-refractivity contribution is 0.204. The minimum absolute atomic E-state index is 0.0311. The molecule has 0 amide bonds. The standard InChI is InChI=1S/C23H28N2O2S2/c1-17(16-29(2,26)27)19-9-7-18(8-10-19)15-25-13-11-20(12-14-25)23-24-21-5-3-4-6-22(21)28-23/h3-10,17,20H,11-16H2,1-2H3/t17-/m0/s1. The van der Waals surface area contributed by atoms with Crippen LogP contribution in [0.3, 0.4) is 0 Å². The maximum absolute atomic E-state index is 11.5. The van der Waals surface area contributed by atoms with Crippen molar-refractivity contribution >= 4 is 31.4 Å². The molecule has 1 aromatic heterocycles. The Kier molecular flexibility index (Phi) is 6.04. The van der Waals surface area contributed by atoms with Gasteiger partial charge in [0.05, 0.1) is 21.0 Å². The average Bonchev–Trinajstić information content (AvgIpc) is 3.12. The van der Waals surface area contributed by atoms with Crippen LogP contribution in [0.15, 0.2) is 48.5 Å². The maximum atomic E-state index is 11.5. The minimum atomic E-state index is -2.95. The van der Waals surface area contributed by atoms with Gasteiger partial charge in [0, 0.05) is 18.7 Å². The van der Waals surface area contributed by atoms with Gasteiger partial charge in [-0.1, -0.05) is 43.3 Å². The van der Waals surface area contributed by atoms with Crippen LogP contribution in [-0.4, -0.2) is 43.4 Å². The summed E-state index contributed by atoms with van der Waals surface area (Å²) in [4.78, 5) is 7.37. The lowest BCUT2D eigenvalue weighted by Gasteiger charge is -2.31. The molecular formula is C23H28N2O2S2. The molecule has 1 saturated heterocycles. The number of hydrogen-bond acceptors (Lipinski definition) is 5. The van der Waals surface area contributed by atoms with Crippen molar-refractivity contribution in [2.45, 2.75) is 38.1 Å². The van der Waals surface area contributed by atoms with Gasteiger partial charge in [0.2, 0.25) is 0 Å². The summed E-state index contributed by atoms with van der Waals surface area (Å²) < 4.78 is 24.3. The van der Waals surface area contributed by atoms with Crippen molar-refractivity contribution in [2.24, 2.45) is 0 Å². The van der Waals surface area contributed by atoms with Crippen LogP contribution in [0.2, 0.25) is 0 Å². The third-order valence-corrected chi connectivity index (χ3v) is 8.06. The lowest BCUT2D eigenvalue weighted by atomic mass is 9.96. The Labute approximate surface area is 177 Å². The molecule has 1 atom stereocenters. The summed E-state index contributed by atoms with van der Waals surface area (Å²) in [6.45, 7) is 5.11. The Morgan fingerprint density at radius 1 is 1.10 bits per heavy atom. The first-order valence-electron chi connectivity index (χ1n) is 10.2. The SMILES string of the molecule is C[C@@H](CS(C)(=O)=O)c1ccc(CN2CCC(c3nc4ccccc4s3)CC2)cc1. The van der Waals surface area contributed by atoms with Crippen molar-refractivity contribution in [3.8, 4) is 0 Å². The molecule has 1 aliphatic rings. The number of likely N-dealkylation sites (tertiary alicyclic amines) is 1. The van der Waals surface area contributed by atoms with E-state index in [1.54, 1.807) is 0 Å². The maximum Gasteiger partial charge on any atom is 0.148 e. The van der Waals surface area contributed by atoms with Gasteiger partial charge in [-0.15, -0.1) is 11.3 Å². The van der Waals surface area contributed by atoms with Gasteiger partial charge in [0.25, 0.3) is 0 Å². The molecular weight excluding hydrogens is 400 g/mol. The van der Waals surface area contributed by atoms with E-state index in [0.717, 1.165) is 43.6 Å². The van der Waals surface area contributed by atoms with E-state index >= 15 is 0 Å². The largest absolute Gasteiger partial charge is 0.299 e. The fourth-order valence-electron chi connectivity index (χ4n) is 4.16. The van der Waals surface area contributed by atoms with Gasteiger partial charge < -0.3 is 0 Å². The number of nitrogens with zero attached hydrogens (tertiary/aromatic N) is 2. The molecule has 1 aliphatic heterocycles. The smallest absolute Gasteiger partial charge is 0.148 e. The van der Waals surface area contributed by atoms with Crippen LogP contribution in [0.1, 0.15) is 47.7 Å². The third-order valence-electron chi connectivity index (χ3n) is 5.75. The number of piperidine rings is 1. The van der Waals surface area contributed by atoms with Crippen LogP contribution in [0.25, 0.3) is 10.2 Å². The Morgan fingerprint density at radius 2 is 1.79 bits per heavy atom. The van der Waals surface area contributed by atoms with E-state index < -0.39 is 9.84 Å². The fraction of sp³-hybridized carbons (Fsp3) is 0.435. The van der Waals surface area contributed by atoms with Crippen molar-refractivity contribution < 1.29 is 8.42 Å². The van der Waals surface area contributed by atoms with E-state index in [4.69, 9.17) is 4.98 Å². The van der Waals surface area contributed by atoms with Crippen LogP contribution >= 0.6 is 11.3 Å². The molecule has 4 nitrogen and oxygen atoms in total. The predicted molar refractivity (Wildman–Crippen MR) is 121 cm³/mol. The molecule has 0 radical (unpaired) electrons. The quantitative estimate of drug-likeness (QED) is 0.565. The fourth-order valence-corrected chi connectivity index (χ4v) is 6.40. The van der Waals surface area contributed by atoms with Gasteiger partial charge in [-0.05, 0) is 55.1 Å². The highest BCUT2D eigenvalue weighted by molar-refractivity contribution is 7.90. The van der Waals surface area contributed by atoms with Crippen LogP contribution in [0, 0.1) is 0 Å². The van der Waals surface area contributed by atoms with Gasteiger partial charge >= 0.3 is 0 Å². The van der Waals surface area contributed by atoms with Crippen LogP contribution in [0.5, 0.6) is 0 Å². The van der Waals surface area contributed by atoms with E-state index in [1.165, 1.54) is 21.5 Å². The molecule has 4 rings (SSSR count). The van der Waals surface area contributed by atoms with E-state index in [2.05, 4.69) is 53.4 Å². The molecule has 0 bridgehead atoms. The van der Waals surface area contributed by atoms with E-state index in [1.807, 2.05) is 18.3 Å². The molecule has 2 heterocycles. The lowest BCUT2D eigenvalue weighted by Crippen LogP contribution is -2.32. The molecule has 6 heteroatoms. The van der Waals surface area contributed by atoms with Crippen LogP contribution in [0.4, 0.5) is 0 Å². The molecule has 0 N–H and O–H groups in total. The van der Waals surface area contributed by atoms with Crippen LogP contribution < -0.4 is 0 Å². The van der Waals surface area contributed by atoms with Gasteiger partial charge in [-0.25, -0.2) is 13.4 Å². The summed E-state index contributed by atoms with van der Waals surface area (Å²) in [5.41, 5.74) is 3.51. The second-order valence-electron chi connectivity index (χ2n) is 8.31. The van der Waals surface area contributed by atoms with Crippen molar-refractivity contribution in [1.29, 1.82) is 0 Å². The molecule has 29 heavy (non-hydrogen) atoms. The minimum Gasteiger partial charge on any atom is -0.299 e. The molecule has 0 spiro atoms. The van der Waals surface area contributed by atoms with Crippen LogP contribution in [-0.2, 0) is 16.4 Å². The highest BCUT2D eigenvalue weighted by Gasteiger charge is 2.23. The summed E-state index contributed by atoms with van der Waals surface area (Å²) in [5.74, 6) is 0.803. The highest BCUT2D eigenvalue weighted by atomic mass is 32.2. The van der Waals surface area contributed by atoms with Crippen molar-refractivity contribution in [3.63, 3.8) is 0 Å². The summed E-state index contributed by atoms with van der Waals surface area (Å²) in [6.07, 6.45) is 3.61. The molecule has 0 unspecified atom stereocenters. The zero-order valence-electron chi connectivity index (χ0n) is 17.0. The summed E-state index contributed by atoms with van der Waals surface area (Å²) in [7, 11) is -2.95. The van der Waals surface area contributed by atoms with Crippen molar-refractivity contribution in [2.75, 3.05) is 25.1 Å². The normalized spacial score (nSPS) is 17.6. The molecule has 1 fully saturated rings. The zero-order chi connectivity index (χ0) is 20.4. The first-order chi connectivity index (χ1) is 13.9.